The minimum atomic E-state index is -0.837. The molecule has 2 aliphatic rings. The molecule has 10 heteroatoms. The molecule has 1 unspecified atom stereocenters. The molecule has 2 aromatic carbocycles. The standard InChI is InChI=1S/C30H39Cl2N5O3/c1-2-34-28(39)30(18-21-8-4-3-5-9-21)13-7-15-37(20-30)27(38)26(17-22-11-12-24(31)25(32)16-22)36-29(40)35-23-10-6-14-33-19-23/h3-5,8-9,11-12,16,23,26,33H,2,6-7,10,13-15,17-20H2,1H3,(H,34,39)(H2,35,36,40)/t23-,26?,30+/m1/s1. The molecule has 4 amide bonds. The second kappa shape index (κ2) is 14.2. The van der Waals surface area contributed by atoms with Gasteiger partial charge in [-0.05, 0) is 68.8 Å². The molecule has 40 heavy (non-hydrogen) atoms. The maximum atomic E-state index is 14.1. The molecule has 8 nitrogen and oxygen atoms in total. The molecule has 0 aromatic heterocycles. The van der Waals surface area contributed by atoms with Gasteiger partial charge in [-0.25, -0.2) is 4.79 Å². The summed E-state index contributed by atoms with van der Waals surface area (Å²) >= 11 is 12.4. The number of hydrogen-bond donors (Lipinski definition) is 4. The second-order valence-corrected chi connectivity index (χ2v) is 11.6. The number of halogens is 2. The van der Waals surface area contributed by atoms with Crippen LogP contribution in [0.2, 0.25) is 10.0 Å². The van der Waals surface area contributed by atoms with Crippen molar-refractivity contribution in [1.82, 2.24) is 26.2 Å². The average Bonchev–Trinajstić information content (AvgIpc) is 2.95. The van der Waals surface area contributed by atoms with E-state index in [2.05, 4.69) is 21.3 Å². The highest BCUT2D eigenvalue weighted by Gasteiger charge is 2.44. The molecule has 2 heterocycles. The highest BCUT2D eigenvalue weighted by atomic mass is 35.5. The van der Waals surface area contributed by atoms with Crippen molar-refractivity contribution >= 4 is 41.0 Å². The van der Waals surface area contributed by atoms with Gasteiger partial charge in [-0.15, -0.1) is 0 Å². The van der Waals surface area contributed by atoms with Gasteiger partial charge in [0, 0.05) is 38.6 Å². The van der Waals surface area contributed by atoms with Crippen molar-refractivity contribution in [2.75, 3.05) is 32.7 Å². The summed E-state index contributed by atoms with van der Waals surface area (Å²) in [7, 11) is 0. The number of hydrogen-bond acceptors (Lipinski definition) is 4. The molecule has 0 radical (unpaired) electrons. The van der Waals surface area contributed by atoms with Gasteiger partial charge in [0.1, 0.15) is 6.04 Å². The van der Waals surface area contributed by atoms with E-state index in [0.717, 1.165) is 30.5 Å². The van der Waals surface area contributed by atoms with Crippen LogP contribution in [0.5, 0.6) is 0 Å². The number of benzene rings is 2. The van der Waals surface area contributed by atoms with E-state index in [9.17, 15) is 14.4 Å². The molecular weight excluding hydrogens is 549 g/mol. The van der Waals surface area contributed by atoms with Crippen molar-refractivity contribution in [2.24, 2.45) is 5.41 Å². The number of nitrogens with one attached hydrogen (secondary N) is 4. The maximum Gasteiger partial charge on any atom is 0.315 e. The minimum Gasteiger partial charge on any atom is -0.356 e. The Morgan fingerprint density at radius 3 is 2.58 bits per heavy atom. The average molecular weight is 589 g/mol. The van der Waals surface area contributed by atoms with Crippen LogP contribution in [0, 0.1) is 5.41 Å². The van der Waals surface area contributed by atoms with Crippen LogP contribution in [-0.4, -0.2) is 67.6 Å². The fourth-order valence-corrected chi connectivity index (χ4v) is 6.07. The zero-order chi connectivity index (χ0) is 28.5. The van der Waals surface area contributed by atoms with Gasteiger partial charge in [0.25, 0.3) is 0 Å². The first-order chi connectivity index (χ1) is 19.3. The summed E-state index contributed by atoms with van der Waals surface area (Å²) in [6.45, 7) is 4.84. The van der Waals surface area contributed by atoms with Crippen LogP contribution in [0.1, 0.15) is 43.7 Å². The first-order valence-electron chi connectivity index (χ1n) is 14.1. The van der Waals surface area contributed by atoms with E-state index in [0.29, 0.717) is 48.9 Å². The quantitative estimate of drug-likeness (QED) is 0.357. The van der Waals surface area contributed by atoms with Gasteiger partial charge in [-0.1, -0.05) is 59.6 Å². The van der Waals surface area contributed by atoms with Gasteiger partial charge in [0.15, 0.2) is 0 Å². The lowest BCUT2D eigenvalue weighted by Crippen LogP contribution is -2.59. The lowest BCUT2D eigenvalue weighted by molar-refractivity contribution is -0.142. The molecule has 4 N–H and O–H groups in total. The fraction of sp³-hybridized carbons (Fsp3) is 0.500. The molecule has 3 atom stereocenters. The predicted octanol–water partition coefficient (Wildman–Crippen LogP) is 3.94. The van der Waals surface area contributed by atoms with Gasteiger partial charge < -0.3 is 26.2 Å². The topological polar surface area (TPSA) is 103 Å². The molecule has 4 rings (SSSR count). The number of likely N-dealkylation sites (tertiary alicyclic amines) is 1. The fourth-order valence-electron chi connectivity index (χ4n) is 5.75. The van der Waals surface area contributed by atoms with E-state index in [1.54, 1.807) is 17.0 Å². The number of urea groups is 1. The van der Waals surface area contributed by atoms with Crippen molar-refractivity contribution < 1.29 is 14.4 Å². The Bertz CT molecular complexity index is 1180. The molecule has 216 valence electrons. The number of carbonyl (C=O) groups excluding carboxylic acids is 3. The number of piperidine rings is 2. The molecule has 2 fully saturated rings. The van der Waals surface area contributed by atoms with Crippen molar-refractivity contribution in [3.63, 3.8) is 0 Å². The first-order valence-corrected chi connectivity index (χ1v) is 14.9. The first kappa shape index (κ1) is 30.2. The summed E-state index contributed by atoms with van der Waals surface area (Å²) in [6, 6.07) is 13.9. The smallest absolute Gasteiger partial charge is 0.315 e. The van der Waals surface area contributed by atoms with Crippen LogP contribution in [0.3, 0.4) is 0 Å². The lowest BCUT2D eigenvalue weighted by Gasteiger charge is -2.43. The van der Waals surface area contributed by atoms with Crippen LogP contribution in [-0.2, 0) is 22.4 Å². The van der Waals surface area contributed by atoms with Crippen LogP contribution < -0.4 is 21.3 Å². The normalized spacial score (nSPS) is 21.8. The molecule has 2 aromatic rings. The summed E-state index contributed by atoms with van der Waals surface area (Å²) in [5.41, 5.74) is 1.08. The summed E-state index contributed by atoms with van der Waals surface area (Å²) < 4.78 is 0. The van der Waals surface area contributed by atoms with Gasteiger partial charge >= 0.3 is 6.03 Å². The van der Waals surface area contributed by atoms with Gasteiger partial charge in [0.05, 0.1) is 15.5 Å². The summed E-state index contributed by atoms with van der Waals surface area (Å²) in [4.78, 5) is 42.3. The minimum absolute atomic E-state index is 0.000673. The van der Waals surface area contributed by atoms with Crippen LogP contribution >= 0.6 is 23.2 Å². The van der Waals surface area contributed by atoms with E-state index in [4.69, 9.17) is 23.2 Å². The third-order valence-corrected chi connectivity index (χ3v) is 8.49. The monoisotopic (exact) mass is 587 g/mol. The Morgan fingerprint density at radius 1 is 1.07 bits per heavy atom. The Balaban J connectivity index is 1.56. The summed E-state index contributed by atoms with van der Waals surface area (Å²) in [5.74, 6) is -0.266. The molecule has 0 saturated carbocycles. The summed E-state index contributed by atoms with van der Waals surface area (Å²) in [6.07, 6.45) is 4.01. The Hall–Kier alpha value is -2.81. The van der Waals surface area contributed by atoms with Gasteiger partial charge in [0.2, 0.25) is 11.8 Å². The summed E-state index contributed by atoms with van der Waals surface area (Å²) in [5, 5.41) is 13.0. The van der Waals surface area contributed by atoms with Gasteiger partial charge in [-0.2, -0.15) is 0 Å². The largest absolute Gasteiger partial charge is 0.356 e. The third-order valence-electron chi connectivity index (χ3n) is 7.75. The molecule has 0 bridgehead atoms. The molecule has 0 aliphatic carbocycles. The zero-order valence-electron chi connectivity index (χ0n) is 23.0. The Morgan fingerprint density at radius 2 is 1.88 bits per heavy atom. The van der Waals surface area contributed by atoms with Gasteiger partial charge in [-0.3, -0.25) is 9.59 Å². The number of carbonyl (C=O) groups is 3. The Labute approximate surface area is 246 Å². The van der Waals surface area contributed by atoms with Crippen molar-refractivity contribution in [3.8, 4) is 0 Å². The van der Waals surface area contributed by atoms with E-state index in [1.165, 1.54) is 0 Å². The highest BCUT2D eigenvalue weighted by Crippen LogP contribution is 2.35. The molecule has 2 saturated heterocycles. The van der Waals surface area contributed by atoms with E-state index < -0.39 is 11.5 Å². The second-order valence-electron chi connectivity index (χ2n) is 10.8. The molecule has 0 spiro atoms. The Kier molecular flexibility index (Phi) is 10.7. The van der Waals surface area contributed by atoms with Crippen LogP contribution in [0.15, 0.2) is 48.5 Å². The lowest BCUT2D eigenvalue weighted by atomic mass is 9.74. The number of rotatable bonds is 9. The highest BCUT2D eigenvalue weighted by molar-refractivity contribution is 6.42. The zero-order valence-corrected chi connectivity index (χ0v) is 24.5. The van der Waals surface area contributed by atoms with Crippen molar-refractivity contribution in [2.45, 2.75) is 57.5 Å². The van der Waals surface area contributed by atoms with E-state index in [1.807, 2.05) is 43.3 Å². The maximum absolute atomic E-state index is 14.1. The SMILES string of the molecule is CCNC(=O)[C@]1(Cc2ccccc2)CCCN(C(=O)C(Cc2ccc(Cl)c(Cl)c2)NC(=O)N[C@@H]2CCCNC2)C1. The molecular formula is C30H39Cl2N5O3. The number of amides is 4. The van der Waals surface area contributed by atoms with E-state index >= 15 is 0 Å². The van der Waals surface area contributed by atoms with Crippen LogP contribution in [0.25, 0.3) is 0 Å². The number of nitrogens with zero attached hydrogens (tertiary/aromatic N) is 1. The predicted molar refractivity (Wildman–Crippen MR) is 159 cm³/mol. The molecule has 2 aliphatic heterocycles. The van der Waals surface area contributed by atoms with Crippen molar-refractivity contribution in [3.05, 3.63) is 69.7 Å². The van der Waals surface area contributed by atoms with E-state index in [-0.39, 0.29) is 36.9 Å². The van der Waals surface area contributed by atoms with Crippen LogP contribution in [0.4, 0.5) is 4.79 Å². The van der Waals surface area contributed by atoms with Crippen molar-refractivity contribution in [1.29, 1.82) is 0 Å². The third kappa shape index (κ3) is 7.89.